The second-order valence-corrected chi connectivity index (χ2v) is 8.80. The molecule has 1 aromatic heterocycles. The molecule has 0 saturated carbocycles. The summed E-state index contributed by atoms with van der Waals surface area (Å²) in [6, 6.07) is 25.3. The molecule has 184 valence electrons. The molecule has 1 fully saturated rings. The van der Waals surface area contributed by atoms with Crippen LogP contribution in [0.15, 0.2) is 78.9 Å². The lowest BCUT2D eigenvalue weighted by atomic mass is 10.1. The fraction of sp³-hybridized carbons (Fsp3) is 0.241. The van der Waals surface area contributed by atoms with Crippen LogP contribution < -0.4 is 14.4 Å². The zero-order valence-corrected chi connectivity index (χ0v) is 20.6. The second-order valence-electron chi connectivity index (χ2n) is 8.80. The molecular formula is C29H30N4O3. The third-order valence-corrected chi connectivity index (χ3v) is 6.46. The maximum Gasteiger partial charge on any atom is 0.226 e. The molecule has 0 unspecified atom stereocenters. The van der Waals surface area contributed by atoms with Crippen LogP contribution in [0.5, 0.6) is 17.2 Å². The van der Waals surface area contributed by atoms with Crippen molar-refractivity contribution < 1.29 is 14.6 Å². The first kappa shape index (κ1) is 23.6. The molecule has 1 aliphatic rings. The number of aromatic hydroxyl groups is 1. The summed E-state index contributed by atoms with van der Waals surface area (Å²) in [7, 11) is 3.30. The first-order chi connectivity index (χ1) is 17.6. The maximum atomic E-state index is 9.78. The molecular weight excluding hydrogens is 452 g/mol. The first-order valence-corrected chi connectivity index (χ1v) is 12.0. The van der Waals surface area contributed by atoms with Crippen LogP contribution in [0, 0.1) is 0 Å². The Labute approximate surface area is 211 Å². The monoisotopic (exact) mass is 482 g/mol. The van der Waals surface area contributed by atoms with Crippen LogP contribution in [-0.4, -0.2) is 60.4 Å². The number of phenols is 1. The molecule has 0 amide bonds. The van der Waals surface area contributed by atoms with Gasteiger partial charge in [-0.25, -0.2) is 9.97 Å². The molecule has 36 heavy (non-hydrogen) atoms. The summed E-state index contributed by atoms with van der Waals surface area (Å²) >= 11 is 0. The van der Waals surface area contributed by atoms with E-state index in [2.05, 4.69) is 40.1 Å². The van der Waals surface area contributed by atoms with Gasteiger partial charge in [-0.05, 0) is 54.1 Å². The molecule has 0 aliphatic carbocycles. The standard InChI is InChI=1S/C29H30N4O3/c1-35-24-12-13-28(36-2)25(18-24)27-19-26(22-8-10-23(34)11-9-22)30-29(31-27)33-16-14-32(15-17-33)20-21-6-4-3-5-7-21/h3-13,18-19,34H,14-17,20H2,1-2H3. The van der Waals surface area contributed by atoms with Crippen LogP contribution in [0.4, 0.5) is 5.95 Å². The highest BCUT2D eigenvalue weighted by atomic mass is 16.5. The lowest BCUT2D eigenvalue weighted by molar-refractivity contribution is 0.249. The van der Waals surface area contributed by atoms with E-state index in [9.17, 15) is 5.11 Å². The average Bonchev–Trinajstić information content (AvgIpc) is 2.94. The molecule has 0 bridgehead atoms. The van der Waals surface area contributed by atoms with Gasteiger partial charge in [-0.15, -0.1) is 0 Å². The predicted molar refractivity (Wildman–Crippen MR) is 142 cm³/mol. The zero-order chi connectivity index (χ0) is 24.9. The molecule has 0 spiro atoms. The van der Waals surface area contributed by atoms with E-state index in [1.807, 2.05) is 36.4 Å². The fourth-order valence-electron chi connectivity index (χ4n) is 4.46. The molecule has 4 aromatic rings. The minimum Gasteiger partial charge on any atom is -0.508 e. The summed E-state index contributed by atoms with van der Waals surface area (Å²) in [5, 5.41) is 9.78. The smallest absolute Gasteiger partial charge is 0.226 e. The Morgan fingerprint density at radius 3 is 2.19 bits per heavy atom. The van der Waals surface area contributed by atoms with Gasteiger partial charge in [0.2, 0.25) is 5.95 Å². The molecule has 3 aromatic carbocycles. The van der Waals surface area contributed by atoms with Gasteiger partial charge in [0.05, 0.1) is 25.6 Å². The number of anilines is 1. The molecule has 5 rings (SSSR count). The van der Waals surface area contributed by atoms with Gasteiger partial charge >= 0.3 is 0 Å². The summed E-state index contributed by atoms with van der Waals surface area (Å²) in [6.45, 7) is 4.47. The fourth-order valence-corrected chi connectivity index (χ4v) is 4.46. The Bertz CT molecular complexity index is 1300. The van der Waals surface area contributed by atoms with E-state index in [0.717, 1.165) is 61.0 Å². The molecule has 0 atom stereocenters. The van der Waals surface area contributed by atoms with E-state index in [1.54, 1.807) is 26.4 Å². The van der Waals surface area contributed by atoms with E-state index >= 15 is 0 Å². The Kier molecular flexibility index (Phi) is 7.00. The third kappa shape index (κ3) is 5.26. The topological polar surface area (TPSA) is 71.0 Å². The van der Waals surface area contributed by atoms with Gasteiger partial charge in [0, 0.05) is 43.9 Å². The number of aromatic nitrogens is 2. The molecule has 0 radical (unpaired) electrons. The zero-order valence-electron chi connectivity index (χ0n) is 20.6. The van der Waals surface area contributed by atoms with Crippen LogP contribution in [0.2, 0.25) is 0 Å². The molecule has 1 N–H and O–H groups in total. The molecule has 2 heterocycles. The Morgan fingerprint density at radius 2 is 1.50 bits per heavy atom. The number of benzene rings is 3. The number of phenolic OH excluding ortho intramolecular Hbond substituents is 1. The number of methoxy groups -OCH3 is 2. The van der Waals surface area contributed by atoms with Gasteiger partial charge < -0.3 is 19.5 Å². The number of hydrogen-bond donors (Lipinski definition) is 1. The van der Waals surface area contributed by atoms with Crippen molar-refractivity contribution in [2.24, 2.45) is 0 Å². The van der Waals surface area contributed by atoms with E-state index in [1.165, 1.54) is 5.56 Å². The van der Waals surface area contributed by atoms with Crippen molar-refractivity contribution in [1.29, 1.82) is 0 Å². The van der Waals surface area contributed by atoms with Crippen molar-refractivity contribution in [3.05, 3.63) is 84.4 Å². The van der Waals surface area contributed by atoms with Gasteiger partial charge in [-0.3, -0.25) is 4.90 Å². The maximum absolute atomic E-state index is 9.78. The van der Waals surface area contributed by atoms with Crippen molar-refractivity contribution >= 4 is 5.95 Å². The van der Waals surface area contributed by atoms with E-state index in [-0.39, 0.29) is 5.75 Å². The second kappa shape index (κ2) is 10.7. The summed E-state index contributed by atoms with van der Waals surface area (Å²) in [5.74, 6) is 2.34. The lowest BCUT2D eigenvalue weighted by Gasteiger charge is -2.35. The Morgan fingerprint density at radius 1 is 0.778 bits per heavy atom. The van der Waals surface area contributed by atoms with Crippen LogP contribution in [0.25, 0.3) is 22.5 Å². The third-order valence-electron chi connectivity index (χ3n) is 6.46. The SMILES string of the molecule is COc1ccc(OC)c(-c2cc(-c3ccc(O)cc3)nc(N3CCN(Cc4ccccc4)CC3)n2)c1. The predicted octanol–water partition coefficient (Wildman–Crippen LogP) is 4.86. The molecule has 7 nitrogen and oxygen atoms in total. The number of nitrogens with zero attached hydrogens (tertiary/aromatic N) is 4. The normalized spacial score (nSPS) is 14.0. The highest BCUT2D eigenvalue weighted by Crippen LogP contribution is 2.35. The van der Waals surface area contributed by atoms with Crippen molar-refractivity contribution in [2.45, 2.75) is 6.54 Å². The molecule has 1 saturated heterocycles. The summed E-state index contributed by atoms with van der Waals surface area (Å²) in [6.07, 6.45) is 0. The van der Waals surface area contributed by atoms with Crippen molar-refractivity contribution in [3.63, 3.8) is 0 Å². The summed E-state index contributed by atoms with van der Waals surface area (Å²) in [5.41, 5.74) is 4.60. The van der Waals surface area contributed by atoms with Crippen LogP contribution >= 0.6 is 0 Å². The van der Waals surface area contributed by atoms with Crippen molar-refractivity contribution in [1.82, 2.24) is 14.9 Å². The Balaban J connectivity index is 1.47. The summed E-state index contributed by atoms with van der Waals surface area (Å²) in [4.78, 5) is 14.6. The highest BCUT2D eigenvalue weighted by Gasteiger charge is 2.22. The van der Waals surface area contributed by atoms with E-state index in [4.69, 9.17) is 19.4 Å². The van der Waals surface area contributed by atoms with Gasteiger partial charge in [0.1, 0.15) is 17.2 Å². The number of hydrogen-bond acceptors (Lipinski definition) is 7. The molecule has 1 aliphatic heterocycles. The number of rotatable bonds is 7. The Hall–Kier alpha value is -4.10. The summed E-state index contributed by atoms with van der Waals surface area (Å²) < 4.78 is 11.1. The highest BCUT2D eigenvalue weighted by molar-refractivity contribution is 5.74. The number of piperazine rings is 1. The largest absolute Gasteiger partial charge is 0.508 e. The molecule has 7 heteroatoms. The minimum absolute atomic E-state index is 0.220. The van der Waals surface area contributed by atoms with Crippen molar-refractivity contribution in [2.75, 3.05) is 45.3 Å². The van der Waals surface area contributed by atoms with Crippen LogP contribution in [0.3, 0.4) is 0 Å². The van der Waals surface area contributed by atoms with Crippen LogP contribution in [-0.2, 0) is 6.54 Å². The van der Waals surface area contributed by atoms with Gasteiger partial charge in [0.15, 0.2) is 0 Å². The van der Waals surface area contributed by atoms with Gasteiger partial charge in [-0.1, -0.05) is 30.3 Å². The van der Waals surface area contributed by atoms with Gasteiger partial charge in [-0.2, -0.15) is 0 Å². The quantitative estimate of drug-likeness (QED) is 0.404. The van der Waals surface area contributed by atoms with Crippen LogP contribution in [0.1, 0.15) is 5.56 Å². The first-order valence-electron chi connectivity index (χ1n) is 12.0. The van der Waals surface area contributed by atoms with E-state index in [0.29, 0.717) is 11.7 Å². The number of ether oxygens (including phenoxy) is 2. The average molecular weight is 483 g/mol. The minimum atomic E-state index is 0.220. The van der Waals surface area contributed by atoms with Crippen molar-refractivity contribution in [3.8, 4) is 39.8 Å². The van der Waals surface area contributed by atoms with E-state index < -0.39 is 0 Å². The lowest BCUT2D eigenvalue weighted by Crippen LogP contribution is -2.46. The van der Waals surface area contributed by atoms with Gasteiger partial charge in [0.25, 0.3) is 0 Å².